The van der Waals surface area contributed by atoms with Crippen molar-refractivity contribution in [1.29, 1.82) is 0 Å². The second kappa shape index (κ2) is 11.2. The van der Waals surface area contributed by atoms with Crippen molar-refractivity contribution >= 4 is 11.1 Å². The van der Waals surface area contributed by atoms with Crippen molar-refractivity contribution in [2.45, 2.75) is 5.92 Å². The zero-order valence-corrected chi connectivity index (χ0v) is 24.2. The second-order valence-corrected chi connectivity index (χ2v) is 11.4. The fourth-order valence-corrected chi connectivity index (χ4v) is 6.89. The quantitative estimate of drug-likeness (QED) is 0.209. The van der Waals surface area contributed by atoms with Crippen LogP contribution in [0.1, 0.15) is 33.7 Å². The third-order valence-corrected chi connectivity index (χ3v) is 8.91. The number of allylic oxidation sites excluding steroid dienone is 5. The highest BCUT2D eigenvalue weighted by Crippen LogP contribution is 2.51. The summed E-state index contributed by atoms with van der Waals surface area (Å²) >= 11 is 0. The third kappa shape index (κ3) is 4.71. The minimum Gasteiger partial charge on any atom is -0.265 e. The standard InChI is InChI=1S/C42H30N2/c1-2-8-29(9-3-1)34-16-17-39-40(28-34)42(36-13-7-11-33(27-36)31-20-24-44-25-21-31)38-15-5-4-14-37(38)41(39)35-12-6-10-32(26-35)30-18-22-43-23-19-30/h1-28,40,42H. The fraction of sp³-hybridized carbons (Fsp3) is 0.0476. The van der Waals surface area contributed by atoms with Crippen LogP contribution in [-0.2, 0) is 0 Å². The van der Waals surface area contributed by atoms with Gasteiger partial charge in [0.25, 0.3) is 0 Å². The summed E-state index contributed by atoms with van der Waals surface area (Å²) in [7, 11) is 0. The van der Waals surface area contributed by atoms with E-state index >= 15 is 0 Å². The molecule has 0 N–H and O–H groups in total. The molecule has 2 nitrogen and oxygen atoms in total. The van der Waals surface area contributed by atoms with Crippen LogP contribution in [0, 0.1) is 5.92 Å². The number of rotatable bonds is 5. The van der Waals surface area contributed by atoms with Crippen LogP contribution in [0.3, 0.4) is 0 Å². The number of nitrogens with zero attached hydrogens (tertiary/aromatic N) is 2. The molecule has 2 aliphatic carbocycles. The molecule has 2 atom stereocenters. The molecule has 0 bridgehead atoms. The van der Waals surface area contributed by atoms with Crippen LogP contribution in [0.2, 0.25) is 0 Å². The van der Waals surface area contributed by atoms with Gasteiger partial charge >= 0.3 is 0 Å². The van der Waals surface area contributed by atoms with E-state index in [0.717, 1.165) is 0 Å². The van der Waals surface area contributed by atoms with Gasteiger partial charge in [-0.2, -0.15) is 0 Å². The second-order valence-electron chi connectivity index (χ2n) is 11.4. The number of aromatic nitrogens is 2. The molecule has 2 unspecified atom stereocenters. The Morgan fingerprint density at radius 3 is 1.82 bits per heavy atom. The van der Waals surface area contributed by atoms with Crippen molar-refractivity contribution in [3.05, 3.63) is 204 Å². The largest absolute Gasteiger partial charge is 0.265 e. The van der Waals surface area contributed by atoms with Gasteiger partial charge in [0.05, 0.1) is 0 Å². The van der Waals surface area contributed by atoms with Crippen LogP contribution < -0.4 is 0 Å². The molecule has 0 amide bonds. The van der Waals surface area contributed by atoms with E-state index < -0.39 is 0 Å². The van der Waals surface area contributed by atoms with Crippen LogP contribution in [-0.4, -0.2) is 9.97 Å². The summed E-state index contributed by atoms with van der Waals surface area (Å²) in [5, 5.41) is 0. The van der Waals surface area contributed by atoms with Gasteiger partial charge in [0.2, 0.25) is 0 Å². The molecular weight excluding hydrogens is 532 g/mol. The first-order valence-corrected chi connectivity index (χ1v) is 15.1. The normalized spacial score (nSPS) is 17.0. The number of pyridine rings is 2. The number of fused-ring (bicyclic) bond motifs is 2. The van der Waals surface area contributed by atoms with Gasteiger partial charge in [-0.3, -0.25) is 9.97 Å². The lowest BCUT2D eigenvalue weighted by Crippen LogP contribution is -2.23. The lowest BCUT2D eigenvalue weighted by molar-refractivity contribution is 0.651. The molecule has 0 saturated carbocycles. The Morgan fingerprint density at radius 1 is 0.455 bits per heavy atom. The van der Waals surface area contributed by atoms with Crippen molar-refractivity contribution in [2.24, 2.45) is 5.92 Å². The van der Waals surface area contributed by atoms with Gasteiger partial charge in [0, 0.05) is 36.6 Å². The SMILES string of the molecule is C1=CC2=C(c3cccc(-c4ccncc4)c3)c3ccccc3C(c3cccc(-c4ccncc4)c3)C2C=C1c1ccccc1. The smallest absolute Gasteiger partial charge is 0.0273 e. The van der Waals surface area contributed by atoms with Crippen molar-refractivity contribution < 1.29 is 0 Å². The van der Waals surface area contributed by atoms with Gasteiger partial charge in [0.15, 0.2) is 0 Å². The molecule has 2 aliphatic rings. The van der Waals surface area contributed by atoms with Crippen LogP contribution in [0.5, 0.6) is 0 Å². The summed E-state index contributed by atoms with van der Waals surface area (Å²) in [4.78, 5) is 8.48. The van der Waals surface area contributed by atoms with Crippen molar-refractivity contribution in [2.75, 3.05) is 0 Å². The Labute approximate surface area is 258 Å². The summed E-state index contributed by atoms with van der Waals surface area (Å²) in [6.45, 7) is 0. The van der Waals surface area contributed by atoms with Crippen LogP contribution >= 0.6 is 0 Å². The van der Waals surface area contributed by atoms with Crippen molar-refractivity contribution in [3.63, 3.8) is 0 Å². The Kier molecular flexibility index (Phi) is 6.66. The van der Waals surface area contributed by atoms with E-state index in [1.54, 1.807) is 0 Å². The first-order valence-electron chi connectivity index (χ1n) is 15.1. The molecule has 8 rings (SSSR count). The zero-order valence-electron chi connectivity index (χ0n) is 24.2. The molecule has 0 radical (unpaired) electrons. The highest BCUT2D eigenvalue weighted by molar-refractivity contribution is 5.92. The number of hydrogen-bond donors (Lipinski definition) is 0. The third-order valence-electron chi connectivity index (χ3n) is 8.91. The van der Waals surface area contributed by atoms with E-state index in [1.165, 1.54) is 66.8 Å². The van der Waals surface area contributed by atoms with Gasteiger partial charge in [0.1, 0.15) is 0 Å². The summed E-state index contributed by atoms with van der Waals surface area (Å²) < 4.78 is 0. The summed E-state index contributed by atoms with van der Waals surface area (Å²) in [5.41, 5.74) is 15.1. The summed E-state index contributed by atoms with van der Waals surface area (Å²) in [6, 6.07) is 46.1. The predicted molar refractivity (Wildman–Crippen MR) is 181 cm³/mol. The monoisotopic (exact) mass is 562 g/mol. The topological polar surface area (TPSA) is 25.8 Å². The minimum absolute atomic E-state index is 0.164. The maximum absolute atomic E-state index is 4.24. The van der Waals surface area contributed by atoms with E-state index in [1.807, 2.05) is 24.8 Å². The molecule has 208 valence electrons. The molecule has 0 aliphatic heterocycles. The van der Waals surface area contributed by atoms with E-state index in [0.29, 0.717) is 0 Å². The Balaban J connectivity index is 1.35. The minimum atomic E-state index is 0.164. The van der Waals surface area contributed by atoms with Gasteiger partial charge in [-0.15, -0.1) is 0 Å². The van der Waals surface area contributed by atoms with Crippen LogP contribution in [0.15, 0.2) is 176 Å². The summed E-state index contributed by atoms with van der Waals surface area (Å²) in [5.74, 6) is 0.330. The number of hydrogen-bond acceptors (Lipinski definition) is 2. The summed E-state index contributed by atoms with van der Waals surface area (Å²) in [6.07, 6.45) is 14.6. The van der Waals surface area contributed by atoms with Gasteiger partial charge < -0.3 is 0 Å². The van der Waals surface area contributed by atoms with Gasteiger partial charge in [-0.25, -0.2) is 0 Å². The van der Waals surface area contributed by atoms with E-state index in [-0.39, 0.29) is 11.8 Å². The van der Waals surface area contributed by atoms with Crippen molar-refractivity contribution in [3.8, 4) is 22.3 Å². The molecular formula is C42H30N2. The average molecular weight is 563 g/mol. The molecule has 44 heavy (non-hydrogen) atoms. The first-order chi connectivity index (χ1) is 21.8. The van der Waals surface area contributed by atoms with E-state index in [4.69, 9.17) is 0 Å². The molecule has 4 aromatic carbocycles. The Hall–Kier alpha value is -5.60. The van der Waals surface area contributed by atoms with E-state index in [9.17, 15) is 0 Å². The fourth-order valence-electron chi connectivity index (χ4n) is 6.89. The van der Waals surface area contributed by atoms with Crippen molar-refractivity contribution in [1.82, 2.24) is 9.97 Å². The average Bonchev–Trinajstić information content (AvgIpc) is 3.11. The van der Waals surface area contributed by atoms with Gasteiger partial charge in [-0.1, -0.05) is 115 Å². The maximum Gasteiger partial charge on any atom is 0.0273 e. The molecule has 2 aromatic heterocycles. The lowest BCUT2D eigenvalue weighted by atomic mass is 9.65. The molecule has 0 spiro atoms. The first kappa shape index (κ1) is 26.1. The Bertz CT molecular complexity index is 2050. The molecule has 0 saturated heterocycles. The zero-order chi connectivity index (χ0) is 29.3. The molecule has 0 fully saturated rings. The maximum atomic E-state index is 4.24. The Morgan fingerprint density at radius 2 is 1.07 bits per heavy atom. The lowest BCUT2D eigenvalue weighted by Gasteiger charge is -2.38. The highest BCUT2D eigenvalue weighted by atomic mass is 14.6. The molecule has 2 heterocycles. The molecule has 2 heteroatoms. The van der Waals surface area contributed by atoms with Gasteiger partial charge in [-0.05, 0) is 97.1 Å². The number of benzene rings is 4. The molecule has 6 aromatic rings. The predicted octanol–water partition coefficient (Wildman–Crippen LogP) is 10.0. The van der Waals surface area contributed by atoms with Crippen LogP contribution in [0.4, 0.5) is 0 Å². The highest BCUT2D eigenvalue weighted by Gasteiger charge is 2.36. The van der Waals surface area contributed by atoms with Crippen LogP contribution in [0.25, 0.3) is 33.4 Å². The van der Waals surface area contributed by atoms with E-state index in [2.05, 4.69) is 156 Å².